The van der Waals surface area contributed by atoms with Crippen molar-refractivity contribution in [2.75, 3.05) is 7.11 Å². The number of carbonyl (C=O) groups is 1. The number of benzene rings is 1. The molecular formula is C11H10N2O3. The van der Waals surface area contributed by atoms with Gasteiger partial charge in [-0.05, 0) is 19.1 Å². The Morgan fingerprint density at radius 3 is 2.88 bits per heavy atom. The number of rotatable bonds is 1. The van der Waals surface area contributed by atoms with Gasteiger partial charge in [0.2, 0.25) is 11.1 Å². The van der Waals surface area contributed by atoms with Crippen molar-refractivity contribution in [2.45, 2.75) is 6.92 Å². The molecule has 5 heteroatoms. The first-order chi connectivity index (χ1) is 7.63. The Labute approximate surface area is 91.1 Å². The topological polar surface area (TPSA) is 72.0 Å². The fraction of sp³-hybridized carbons (Fsp3) is 0.182. The molecule has 1 aromatic heterocycles. The molecule has 1 heterocycles. The average molecular weight is 218 g/mol. The summed E-state index contributed by atoms with van der Waals surface area (Å²) < 4.78 is 4.47. The maximum atomic E-state index is 11.9. The Morgan fingerprint density at radius 2 is 2.19 bits per heavy atom. The number of hydrogen-bond donors (Lipinski definition) is 1. The number of aromatic nitrogens is 2. The van der Waals surface area contributed by atoms with Crippen molar-refractivity contribution in [2.24, 2.45) is 0 Å². The molecule has 1 aromatic carbocycles. The number of nitrogens with zero attached hydrogens (tertiary/aromatic N) is 1. The Balaban J connectivity index is 2.78. The summed E-state index contributed by atoms with van der Waals surface area (Å²) in [6, 6.07) is 5.32. The van der Waals surface area contributed by atoms with Crippen molar-refractivity contribution in [3.05, 3.63) is 39.7 Å². The predicted octanol–water partition coefficient (Wildman–Crippen LogP) is 1.02. The van der Waals surface area contributed by atoms with Gasteiger partial charge in [-0.3, -0.25) is 9.89 Å². The molecule has 0 aliphatic heterocycles. The van der Waals surface area contributed by atoms with Gasteiger partial charge in [0.05, 0.1) is 12.6 Å². The lowest BCUT2D eigenvalue weighted by molar-refractivity contribution is 0.0591. The number of hydrogen-bond acceptors (Lipinski definition) is 4. The van der Waals surface area contributed by atoms with Crippen molar-refractivity contribution in [1.29, 1.82) is 0 Å². The molecule has 0 unspecified atom stereocenters. The molecule has 0 radical (unpaired) electrons. The van der Waals surface area contributed by atoms with E-state index >= 15 is 0 Å². The van der Waals surface area contributed by atoms with Gasteiger partial charge in [0, 0.05) is 5.39 Å². The molecule has 0 fully saturated rings. The molecular weight excluding hydrogens is 208 g/mol. The van der Waals surface area contributed by atoms with Crippen LogP contribution >= 0.6 is 0 Å². The molecule has 2 aromatic rings. The van der Waals surface area contributed by atoms with Crippen molar-refractivity contribution in [3.63, 3.8) is 0 Å². The van der Waals surface area contributed by atoms with Crippen LogP contribution in [0.3, 0.4) is 0 Å². The molecule has 82 valence electrons. The van der Waals surface area contributed by atoms with Gasteiger partial charge in [0.1, 0.15) is 0 Å². The standard InChI is InChI=1S/C11H10N2O3/c1-6-3-4-8-7(5-6)10(14)9(13-12-8)11(15)16-2/h3-5H,1-2H3,(H,12,14). The van der Waals surface area contributed by atoms with E-state index in [0.717, 1.165) is 5.56 Å². The first-order valence-corrected chi connectivity index (χ1v) is 4.71. The van der Waals surface area contributed by atoms with Gasteiger partial charge >= 0.3 is 5.97 Å². The second-order valence-electron chi connectivity index (χ2n) is 3.44. The summed E-state index contributed by atoms with van der Waals surface area (Å²) in [5, 5.41) is 6.79. The van der Waals surface area contributed by atoms with Crippen LogP contribution in [0.1, 0.15) is 16.1 Å². The second-order valence-corrected chi connectivity index (χ2v) is 3.44. The molecule has 16 heavy (non-hydrogen) atoms. The second kappa shape index (κ2) is 3.77. The average Bonchev–Trinajstić information content (AvgIpc) is 2.29. The van der Waals surface area contributed by atoms with Gasteiger partial charge in [0.25, 0.3) is 0 Å². The summed E-state index contributed by atoms with van der Waals surface area (Å²) in [4.78, 5) is 23.2. The molecule has 0 saturated heterocycles. The zero-order valence-electron chi connectivity index (χ0n) is 8.90. The molecule has 0 amide bonds. The summed E-state index contributed by atoms with van der Waals surface area (Å²) in [5.41, 5.74) is 0.910. The van der Waals surface area contributed by atoms with E-state index in [1.807, 2.05) is 13.0 Å². The van der Waals surface area contributed by atoms with Crippen molar-refractivity contribution >= 4 is 16.9 Å². The molecule has 1 N–H and O–H groups in total. The Hall–Kier alpha value is -2.17. The Morgan fingerprint density at radius 1 is 1.44 bits per heavy atom. The molecule has 0 spiro atoms. The number of fused-ring (bicyclic) bond motifs is 1. The SMILES string of the molecule is COC(=O)c1n[nH]c2ccc(C)cc2c1=O. The van der Waals surface area contributed by atoms with E-state index in [4.69, 9.17) is 0 Å². The van der Waals surface area contributed by atoms with Crippen LogP contribution in [0.5, 0.6) is 0 Å². The van der Waals surface area contributed by atoms with Crippen LogP contribution in [-0.4, -0.2) is 23.3 Å². The lowest BCUT2D eigenvalue weighted by Crippen LogP contribution is -2.19. The lowest BCUT2D eigenvalue weighted by Gasteiger charge is -2.01. The van der Waals surface area contributed by atoms with Crippen LogP contribution < -0.4 is 5.43 Å². The van der Waals surface area contributed by atoms with Crippen LogP contribution in [0.25, 0.3) is 10.9 Å². The van der Waals surface area contributed by atoms with E-state index in [-0.39, 0.29) is 5.69 Å². The third kappa shape index (κ3) is 1.56. The minimum Gasteiger partial charge on any atom is -0.464 e. The van der Waals surface area contributed by atoms with Gasteiger partial charge in [-0.2, -0.15) is 5.10 Å². The Bertz CT molecular complexity index is 616. The van der Waals surface area contributed by atoms with Gasteiger partial charge in [0.15, 0.2) is 0 Å². The molecule has 0 aliphatic carbocycles. The summed E-state index contributed by atoms with van der Waals surface area (Å²) in [7, 11) is 1.21. The minimum atomic E-state index is -0.732. The largest absolute Gasteiger partial charge is 0.464 e. The van der Waals surface area contributed by atoms with E-state index < -0.39 is 11.4 Å². The zero-order valence-corrected chi connectivity index (χ0v) is 8.90. The summed E-state index contributed by atoms with van der Waals surface area (Å²) in [5.74, 6) is -0.732. The highest BCUT2D eigenvalue weighted by Gasteiger charge is 2.14. The van der Waals surface area contributed by atoms with E-state index in [1.165, 1.54) is 7.11 Å². The highest BCUT2D eigenvalue weighted by molar-refractivity contribution is 5.91. The third-order valence-electron chi connectivity index (χ3n) is 2.30. The van der Waals surface area contributed by atoms with E-state index in [9.17, 15) is 9.59 Å². The molecule has 0 atom stereocenters. The smallest absolute Gasteiger partial charge is 0.362 e. The number of methoxy groups -OCH3 is 1. The summed E-state index contributed by atoms with van der Waals surface area (Å²) in [6.07, 6.45) is 0. The minimum absolute atomic E-state index is 0.222. The predicted molar refractivity (Wildman–Crippen MR) is 58.4 cm³/mol. The van der Waals surface area contributed by atoms with E-state index in [0.29, 0.717) is 10.9 Å². The molecule has 5 nitrogen and oxygen atoms in total. The number of H-pyrrole nitrogens is 1. The molecule has 0 saturated carbocycles. The van der Waals surface area contributed by atoms with Crippen molar-refractivity contribution < 1.29 is 9.53 Å². The van der Waals surface area contributed by atoms with Gasteiger partial charge in [-0.1, -0.05) is 11.6 Å². The number of aromatic amines is 1. The Kier molecular flexibility index (Phi) is 2.44. The highest BCUT2D eigenvalue weighted by Crippen LogP contribution is 2.09. The number of nitrogens with one attached hydrogen (secondary N) is 1. The quantitative estimate of drug-likeness (QED) is 0.725. The number of esters is 1. The fourth-order valence-electron chi connectivity index (χ4n) is 1.47. The number of ether oxygens (including phenoxy) is 1. The fourth-order valence-corrected chi connectivity index (χ4v) is 1.47. The first kappa shape index (κ1) is 10.4. The lowest BCUT2D eigenvalue weighted by atomic mass is 10.1. The molecule has 0 bridgehead atoms. The van der Waals surface area contributed by atoms with Crippen LogP contribution in [0.15, 0.2) is 23.0 Å². The molecule has 2 rings (SSSR count). The summed E-state index contributed by atoms with van der Waals surface area (Å²) in [6.45, 7) is 1.87. The maximum Gasteiger partial charge on any atom is 0.362 e. The maximum absolute atomic E-state index is 11.9. The van der Waals surface area contributed by atoms with Crippen molar-refractivity contribution in [1.82, 2.24) is 10.2 Å². The normalized spacial score (nSPS) is 10.4. The van der Waals surface area contributed by atoms with Crippen LogP contribution in [-0.2, 0) is 4.74 Å². The van der Waals surface area contributed by atoms with E-state index in [1.54, 1.807) is 12.1 Å². The van der Waals surface area contributed by atoms with Crippen LogP contribution in [0, 0.1) is 6.92 Å². The van der Waals surface area contributed by atoms with Gasteiger partial charge in [-0.15, -0.1) is 0 Å². The zero-order chi connectivity index (χ0) is 11.7. The first-order valence-electron chi connectivity index (χ1n) is 4.71. The number of aryl methyl sites for hydroxylation is 1. The van der Waals surface area contributed by atoms with Crippen molar-refractivity contribution in [3.8, 4) is 0 Å². The van der Waals surface area contributed by atoms with Crippen LogP contribution in [0.2, 0.25) is 0 Å². The summed E-state index contributed by atoms with van der Waals surface area (Å²) >= 11 is 0. The van der Waals surface area contributed by atoms with Gasteiger partial charge < -0.3 is 4.74 Å². The highest BCUT2D eigenvalue weighted by atomic mass is 16.5. The number of carbonyl (C=O) groups excluding carboxylic acids is 1. The van der Waals surface area contributed by atoms with E-state index in [2.05, 4.69) is 14.9 Å². The molecule has 0 aliphatic rings. The third-order valence-corrected chi connectivity index (χ3v) is 2.30. The monoisotopic (exact) mass is 218 g/mol. The van der Waals surface area contributed by atoms with Crippen LogP contribution in [0.4, 0.5) is 0 Å². The van der Waals surface area contributed by atoms with Gasteiger partial charge in [-0.25, -0.2) is 4.79 Å².